The monoisotopic (exact) mass is 175 g/mol. The second kappa shape index (κ2) is 2.52. The molecule has 1 aliphatic carbocycles. The van der Waals surface area contributed by atoms with Gasteiger partial charge >= 0.3 is 0 Å². The summed E-state index contributed by atoms with van der Waals surface area (Å²) in [5, 5.41) is 17.1. The first-order valence-electron chi connectivity index (χ1n) is 3.83. The van der Waals surface area contributed by atoms with Crippen molar-refractivity contribution >= 4 is 5.69 Å². The number of benzene rings is 1. The minimum absolute atomic E-state index is 0.224. The molecule has 4 nitrogen and oxygen atoms in total. The van der Waals surface area contributed by atoms with Gasteiger partial charge < -0.3 is 10.9 Å². The van der Waals surface area contributed by atoms with E-state index in [0.29, 0.717) is 11.4 Å². The van der Waals surface area contributed by atoms with Crippen LogP contribution in [0, 0.1) is 5.41 Å². The van der Waals surface area contributed by atoms with Crippen LogP contribution >= 0.6 is 0 Å². The molecule has 1 heterocycles. The number of fused-ring (bicyclic) bond motifs is 1. The molecule has 0 spiro atoms. The zero-order chi connectivity index (χ0) is 9.42. The predicted molar refractivity (Wildman–Crippen MR) is 48.5 cm³/mol. The molecule has 0 aromatic rings. The molecule has 0 bridgehead atoms. The van der Waals surface area contributed by atoms with Gasteiger partial charge in [-0.15, -0.1) is 0 Å². The highest BCUT2D eigenvalue weighted by atomic mass is 16.5. The second-order valence-electron chi connectivity index (χ2n) is 2.85. The number of nitrogens with two attached hydrogens (primary N) is 1. The van der Waals surface area contributed by atoms with Gasteiger partial charge in [0, 0.05) is 11.8 Å². The van der Waals surface area contributed by atoms with E-state index in [0.717, 1.165) is 10.3 Å². The molecule has 4 N–H and O–H groups in total. The topological polar surface area (TPSA) is 75.0 Å². The normalized spacial score (nSPS) is 10.5. The molecule has 0 unspecified atom stereocenters. The molecule has 0 aromatic heterocycles. The Kier molecular flexibility index (Phi) is 1.48. The van der Waals surface area contributed by atoms with E-state index in [2.05, 4.69) is 0 Å². The second-order valence-corrected chi connectivity index (χ2v) is 2.85. The minimum atomic E-state index is 0.224. The van der Waals surface area contributed by atoms with Crippen molar-refractivity contribution in [3.8, 4) is 11.3 Å². The number of nitrogen functional groups attached to an aromatic ring is 1. The molecule has 0 fully saturated rings. The van der Waals surface area contributed by atoms with E-state index < -0.39 is 0 Å². The largest absolute Gasteiger partial charge is 0.428 e. The summed E-state index contributed by atoms with van der Waals surface area (Å²) in [6.07, 6.45) is 1.51. The van der Waals surface area contributed by atoms with Crippen molar-refractivity contribution in [2.75, 3.05) is 5.73 Å². The zero-order valence-corrected chi connectivity index (χ0v) is 6.86. The van der Waals surface area contributed by atoms with Gasteiger partial charge in [-0.3, -0.25) is 5.41 Å². The van der Waals surface area contributed by atoms with Crippen LogP contribution in [0.5, 0.6) is 0 Å². The molecular weight excluding hydrogens is 166 g/mol. The van der Waals surface area contributed by atoms with Crippen molar-refractivity contribution in [1.82, 2.24) is 4.73 Å². The smallest absolute Gasteiger partial charge is 0.0887 e. The fourth-order valence-corrected chi connectivity index (χ4v) is 1.26. The third-order valence-corrected chi connectivity index (χ3v) is 1.95. The molecule has 0 radical (unpaired) electrons. The van der Waals surface area contributed by atoms with Gasteiger partial charge in [0.05, 0.1) is 16.7 Å². The van der Waals surface area contributed by atoms with E-state index in [1.165, 1.54) is 12.3 Å². The van der Waals surface area contributed by atoms with E-state index in [1.54, 1.807) is 12.1 Å². The SMILES string of the molecule is N=c1cc2n(O)cccc-2cc1N. The van der Waals surface area contributed by atoms with Crippen LogP contribution in [0.2, 0.25) is 0 Å². The molecule has 4 heteroatoms. The number of aromatic nitrogens is 1. The summed E-state index contributed by atoms with van der Waals surface area (Å²) in [4.78, 5) is 0. The third-order valence-electron chi connectivity index (χ3n) is 1.95. The first kappa shape index (κ1) is 7.67. The van der Waals surface area contributed by atoms with E-state index >= 15 is 0 Å². The van der Waals surface area contributed by atoms with Crippen LogP contribution in [-0.4, -0.2) is 9.94 Å². The molecular formula is C9H9N3O. The summed E-state index contributed by atoms with van der Waals surface area (Å²) >= 11 is 0. The summed E-state index contributed by atoms with van der Waals surface area (Å²) < 4.78 is 0.979. The lowest BCUT2D eigenvalue weighted by Crippen LogP contribution is -2.10. The maximum Gasteiger partial charge on any atom is 0.0887 e. The van der Waals surface area contributed by atoms with Gasteiger partial charge in [-0.25, -0.2) is 0 Å². The summed E-state index contributed by atoms with van der Waals surface area (Å²) in [5.41, 5.74) is 7.38. The molecule has 66 valence electrons. The lowest BCUT2D eigenvalue weighted by atomic mass is 10.1. The van der Waals surface area contributed by atoms with Crippen LogP contribution in [0.4, 0.5) is 5.69 Å². The molecule has 2 rings (SSSR count). The number of nitrogens with one attached hydrogen (secondary N) is 1. The van der Waals surface area contributed by atoms with Gasteiger partial charge in [-0.2, -0.15) is 4.73 Å². The van der Waals surface area contributed by atoms with Crippen LogP contribution in [0.1, 0.15) is 0 Å². The van der Waals surface area contributed by atoms with Crippen molar-refractivity contribution in [2.45, 2.75) is 0 Å². The summed E-state index contributed by atoms with van der Waals surface area (Å²) in [7, 11) is 0. The maximum absolute atomic E-state index is 9.38. The quantitative estimate of drug-likeness (QED) is 0.411. The molecule has 0 saturated carbocycles. The molecule has 0 atom stereocenters. The van der Waals surface area contributed by atoms with Crippen LogP contribution in [-0.2, 0) is 0 Å². The van der Waals surface area contributed by atoms with Gasteiger partial charge in [-0.1, -0.05) is 6.07 Å². The number of hydrogen-bond donors (Lipinski definition) is 3. The van der Waals surface area contributed by atoms with Gasteiger partial charge in [0.25, 0.3) is 0 Å². The Morgan fingerprint density at radius 1 is 1.38 bits per heavy atom. The Hall–Kier alpha value is -1.97. The zero-order valence-electron chi connectivity index (χ0n) is 6.86. The van der Waals surface area contributed by atoms with Gasteiger partial charge in [-0.05, 0) is 18.2 Å². The molecule has 0 saturated heterocycles. The first-order chi connectivity index (χ1) is 6.18. The third kappa shape index (κ3) is 1.12. The van der Waals surface area contributed by atoms with Crippen LogP contribution in [0.25, 0.3) is 11.3 Å². The van der Waals surface area contributed by atoms with Crippen LogP contribution in [0.3, 0.4) is 0 Å². The fourth-order valence-electron chi connectivity index (χ4n) is 1.26. The van der Waals surface area contributed by atoms with Crippen molar-refractivity contribution < 1.29 is 5.21 Å². The minimum Gasteiger partial charge on any atom is -0.428 e. The van der Waals surface area contributed by atoms with E-state index in [1.807, 2.05) is 6.07 Å². The van der Waals surface area contributed by atoms with E-state index in [4.69, 9.17) is 11.1 Å². The predicted octanol–water partition coefficient (Wildman–Crippen LogP) is 0.892. The van der Waals surface area contributed by atoms with Gasteiger partial charge in [0.2, 0.25) is 0 Å². The van der Waals surface area contributed by atoms with Crippen molar-refractivity contribution in [1.29, 1.82) is 5.41 Å². The number of rotatable bonds is 0. The van der Waals surface area contributed by atoms with Crippen LogP contribution in [0.15, 0.2) is 30.5 Å². The van der Waals surface area contributed by atoms with Crippen LogP contribution < -0.4 is 11.1 Å². The number of anilines is 1. The molecule has 2 aliphatic rings. The standard InChI is InChI=1S/C9H9N3O/c10-7-4-6-2-1-3-12(13)9(6)5-8(7)11/h1-5,11,13H,10H2. The van der Waals surface area contributed by atoms with Gasteiger partial charge in [0.15, 0.2) is 0 Å². The van der Waals surface area contributed by atoms with Crippen molar-refractivity contribution in [3.05, 3.63) is 35.8 Å². The number of nitrogens with zero attached hydrogens (tertiary/aromatic N) is 1. The van der Waals surface area contributed by atoms with Gasteiger partial charge in [0.1, 0.15) is 0 Å². The fraction of sp³-hybridized carbons (Fsp3) is 0. The highest BCUT2D eigenvalue weighted by Gasteiger charge is 2.05. The Morgan fingerprint density at radius 3 is 2.92 bits per heavy atom. The summed E-state index contributed by atoms with van der Waals surface area (Å²) in [5.74, 6) is 0. The number of hydrogen-bond acceptors (Lipinski definition) is 3. The Morgan fingerprint density at radius 2 is 2.15 bits per heavy atom. The molecule has 13 heavy (non-hydrogen) atoms. The molecule has 0 amide bonds. The average Bonchev–Trinajstić information content (AvgIpc) is 2.09. The Labute approximate surface area is 74.7 Å². The lowest BCUT2D eigenvalue weighted by molar-refractivity contribution is 0.189. The van der Waals surface area contributed by atoms with Crippen molar-refractivity contribution in [3.63, 3.8) is 0 Å². The Balaban J connectivity index is 2.89. The first-order valence-corrected chi connectivity index (χ1v) is 3.83. The lowest BCUT2D eigenvalue weighted by Gasteiger charge is -2.09. The Bertz CT molecular complexity index is 475. The van der Waals surface area contributed by atoms with E-state index in [-0.39, 0.29) is 5.36 Å². The maximum atomic E-state index is 9.38. The molecule has 1 aliphatic heterocycles. The van der Waals surface area contributed by atoms with E-state index in [9.17, 15) is 5.21 Å². The highest BCUT2D eigenvalue weighted by molar-refractivity contribution is 5.65. The molecule has 0 aromatic carbocycles. The van der Waals surface area contributed by atoms with Crippen molar-refractivity contribution in [2.24, 2.45) is 0 Å². The number of pyridine rings is 1. The average molecular weight is 175 g/mol. The highest BCUT2D eigenvalue weighted by Crippen LogP contribution is 2.19. The summed E-state index contributed by atoms with van der Waals surface area (Å²) in [6.45, 7) is 0. The summed E-state index contributed by atoms with van der Waals surface area (Å²) in [6, 6.07) is 6.75.